The molecule has 2 amide bonds. The number of rotatable bonds is 6. The van der Waals surface area contributed by atoms with Gasteiger partial charge in [-0.15, -0.1) is 0 Å². The minimum absolute atomic E-state index is 0.0471. The molecule has 3 heterocycles. The molecular formula is C22H21FN4O5. The Hall–Kier alpha value is -3.95. The average Bonchev–Trinajstić information content (AvgIpc) is 3.33. The van der Waals surface area contributed by atoms with Crippen LogP contribution in [0.1, 0.15) is 12.6 Å². The number of nitrogens with zero attached hydrogens (tertiary/aromatic N) is 3. The number of anilines is 1. The highest BCUT2D eigenvalue weighted by atomic mass is 19.1. The quantitative estimate of drug-likeness (QED) is 0.591. The lowest BCUT2D eigenvalue weighted by molar-refractivity contribution is -0.139. The van der Waals surface area contributed by atoms with Gasteiger partial charge in [-0.3, -0.25) is 14.5 Å². The van der Waals surface area contributed by atoms with Gasteiger partial charge < -0.3 is 19.2 Å². The highest BCUT2D eigenvalue weighted by Crippen LogP contribution is 2.29. The van der Waals surface area contributed by atoms with Crippen LogP contribution < -0.4 is 10.2 Å². The zero-order valence-corrected chi connectivity index (χ0v) is 17.5. The first-order chi connectivity index (χ1) is 15.3. The van der Waals surface area contributed by atoms with Crippen LogP contribution in [0.15, 0.2) is 42.7 Å². The monoisotopic (exact) mass is 440 g/mol. The normalized spacial score (nSPS) is 15.7. The number of halogens is 1. The molecular weight excluding hydrogens is 419 g/mol. The Labute approximate surface area is 182 Å². The van der Waals surface area contributed by atoms with E-state index in [1.54, 1.807) is 41.1 Å². The fourth-order valence-electron chi connectivity index (χ4n) is 3.51. The van der Waals surface area contributed by atoms with Gasteiger partial charge in [0.2, 0.25) is 5.91 Å². The van der Waals surface area contributed by atoms with Crippen LogP contribution in [0, 0.1) is 5.82 Å². The standard InChI is InChI=1S/C22H21FN4O5/c1-13(28)24-10-17-12-27(22(30)32-17)16-3-4-18(19(23)9-16)14-5-6-26-11-15(8-21(29)31-2)25-20(26)7-14/h3-7,9,11,17H,8,10,12H2,1-2H3,(H,24,28)/t17-/m0/s1. The number of pyridine rings is 1. The van der Waals surface area contributed by atoms with Crippen molar-refractivity contribution >= 4 is 29.3 Å². The first-order valence-electron chi connectivity index (χ1n) is 9.91. The van der Waals surface area contributed by atoms with E-state index in [1.807, 2.05) is 0 Å². The Morgan fingerprint density at radius 2 is 2.12 bits per heavy atom. The maximum Gasteiger partial charge on any atom is 0.414 e. The zero-order valence-electron chi connectivity index (χ0n) is 17.5. The molecule has 166 valence electrons. The topological polar surface area (TPSA) is 102 Å². The molecule has 1 N–H and O–H groups in total. The van der Waals surface area contributed by atoms with Crippen molar-refractivity contribution in [3.63, 3.8) is 0 Å². The van der Waals surface area contributed by atoms with Crippen LogP contribution in [0.3, 0.4) is 0 Å². The predicted octanol–water partition coefficient (Wildman–Crippen LogP) is 2.32. The lowest BCUT2D eigenvalue weighted by atomic mass is 10.1. The Balaban J connectivity index is 1.54. The van der Waals surface area contributed by atoms with E-state index in [2.05, 4.69) is 15.0 Å². The highest BCUT2D eigenvalue weighted by molar-refractivity contribution is 5.90. The van der Waals surface area contributed by atoms with Crippen molar-refractivity contribution in [2.75, 3.05) is 25.1 Å². The van der Waals surface area contributed by atoms with Gasteiger partial charge in [0.15, 0.2) is 0 Å². The van der Waals surface area contributed by atoms with Crippen molar-refractivity contribution in [3.8, 4) is 11.1 Å². The van der Waals surface area contributed by atoms with Crippen molar-refractivity contribution in [1.29, 1.82) is 0 Å². The van der Waals surface area contributed by atoms with Crippen LogP contribution in [0.4, 0.5) is 14.9 Å². The van der Waals surface area contributed by atoms with Crippen molar-refractivity contribution in [2.45, 2.75) is 19.4 Å². The number of aromatic nitrogens is 2. The summed E-state index contributed by atoms with van der Waals surface area (Å²) >= 11 is 0. The molecule has 0 spiro atoms. The fraction of sp³-hybridized carbons (Fsp3) is 0.273. The fourth-order valence-corrected chi connectivity index (χ4v) is 3.51. The van der Waals surface area contributed by atoms with Crippen molar-refractivity contribution in [3.05, 3.63) is 54.2 Å². The van der Waals surface area contributed by atoms with Crippen LogP contribution >= 0.6 is 0 Å². The van der Waals surface area contributed by atoms with Gasteiger partial charge >= 0.3 is 12.1 Å². The molecule has 1 aliphatic heterocycles. The van der Waals surface area contributed by atoms with Crippen molar-refractivity contribution in [1.82, 2.24) is 14.7 Å². The third kappa shape index (κ3) is 4.39. The average molecular weight is 440 g/mol. The van der Waals surface area contributed by atoms with Crippen LogP contribution in [0.25, 0.3) is 16.8 Å². The number of carbonyl (C=O) groups excluding carboxylic acids is 3. The lowest BCUT2D eigenvalue weighted by Crippen LogP contribution is -2.33. The van der Waals surface area contributed by atoms with Crippen LogP contribution in [-0.2, 0) is 25.5 Å². The van der Waals surface area contributed by atoms with Gasteiger partial charge in [-0.05, 0) is 35.9 Å². The minimum atomic E-state index is -0.593. The van der Waals surface area contributed by atoms with E-state index in [9.17, 15) is 18.8 Å². The second-order valence-electron chi connectivity index (χ2n) is 7.38. The highest BCUT2D eigenvalue weighted by Gasteiger charge is 2.32. The molecule has 0 bridgehead atoms. The molecule has 3 aromatic rings. The molecule has 10 heteroatoms. The summed E-state index contributed by atoms with van der Waals surface area (Å²) < 4.78 is 26.6. The van der Waals surface area contributed by atoms with E-state index in [0.29, 0.717) is 28.2 Å². The number of fused-ring (bicyclic) bond motifs is 1. The van der Waals surface area contributed by atoms with Gasteiger partial charge in [-0.2, -0.15) is 0 Å². The van der Waals surface area contributed by atoms with Crippen molar-refractivity contribution < 1.29 is 28.2 Å². The Kier molecular flexibility index (Phi) is 5.76. The van der Waals surface area contributed by atoms with Crippen LogP contribution in [0.2, 0.25) is 0 Å². The number of benzene rings is 1. The molecule has 1 aromatic carbocycles. The van der Waals surface area contributed by atoms with E-state index in [-0.39, 0.29) is 25.4 Å². The van der Waals surface area contributed by atoms with Gasteiger partial charge in [0.25, 0.3) is 0 Å². The number of hydrogen-bond acceptors (Lipinski definition) is 6. The molecule has 0 radical (unpaired) electrons. The molecule has 1 atom stereocenters. The maximum absolute atomic E-state index is 15.0. The summed E-state index contributed by atoms with van der Waals surface area (Å²) in [5.74, 6) is -1.12. The van der Waals surface area contributed by atoms with Crippen LogP contribution in [0.5, 0.6) is 0 Å². The summed E-state index contributed by atoms with van der Waals surface area (Å²) in [7, 11) is 1.31. The van der Waals surface area contributed by atoms with E-state index in [0.717, 1.165) is 0 Å². The molecule has 0 aliphatic carbocycles. The van der Waals surface area contributed by atoms with E-state index < -0.39 is 24.0 Å². The second kappa shape index (κ2) is 8.66. The zero-order chi connectivity index (χ0) is 22.8. The Morgan fingerprint density at radius 1 is 1.31 bits per heavy atom. The Morgan fingerprint density at radius 3 is 2.84 bits per heavy atom. The predicted molar refractivity (Wildman–Crippen MR) is 113 cm³/mol. The number of nitrogens with one attached hydrogen (secondary N) is 1. The number of imidazole rings is 1. The molecule has 1 aliphatic rings. The number of esters is 1. The summed E-state index contributed by atoms with van der Waals surface area (Å²) in [6.07, 6.45) is 2.40. The van der Waals surface area contributed by atoms with Gasteiger partial charge in [0.1, 0.15) is 17.6 Å². The molecule has 9 nitrogen and oxygen atoms in total. The first-order valence-corrected chi connectivity index (χ1v) is 9.91. The van der Waals surface area contributed by atoms with Crippen LogP contribution in [-0.4, -0.2) is 53.7 Å². The summed E-state index contributed by atoms with van der Waals surface area (Å²) in [5, 5.41) is 2.60. The maximum atomic E-state index is 15.0. The molecule has 32 heavy (non-hydrogen) atoms. The molecule has 0 unspecified atom stereocenters. The summed E-state index contributed by atoms with van der Waals surface area (Å²) in [6, 6.07) is 7.95. The van der Waals surface area contributed by atoms with E-state index >= 15 is 0 Å². The SMILES string of the molecule is COC(=O)Cc1cn2ccc(-c3ccc(N4C[C@H](CNC(C)=O)OC4=O)cc3F)cc2n1. The van der Waals surface area contributed by atoms with Gasteiger partial charge in [-0.1, -0.05) is 0 Å². The molecule has 1 fully saturated rings. The van der Waals surface area contributed by atoms with Crippen molar-refractivity contribution in [2.24, 2.45) is 0 Å². The molecule has 1 saturated heterocycles. The molecule has 0 saturated carbocycles. The van der Waals surface area contributed by atoms with Gasteiger partial charge in [0, 0.05) is 24.9 Å². The number of amides is 2. The number of ether oxygens (including phenoxy) is 2. The third-order valence-electron chi connectivity index (χ3n) is 5.09. The van der Waals surface area contributed by atoms with Gasteiger partial charge in [0.05, 0.1) is 38.0 Å². The summed E-state index contributed by atoms with van der Waals surface area (Å²) in [4.78, 5) is 40.4. The van der Waals surface area contributed by atoms with E-state index in [1.165, 1.54) is 25.0 Å². The number of methoxy groups -OCH3 is 1. The number of carbonyl (C=O) groups is 3. The second-order valence-corrected chi connectivity index (χ2v) is 7.38. The largest absolute Gasteiger partial charge is 0.469 e. The Bertz CT molecular complexity index is 1210. The van der Waals surface area contributed by atoms with Gasteiger partial charge in [-0.25, -0.2) is 14.2 Å². The third-order valence-corrected chi connectivity index (χ3v) is 5.09. The molecule has 4 rings (SSSR count). The molecule has 2 aromatic heterocycles. The van der Waals surface area contributed by atoms with E-state index in [4.69, 9.17) is 4.74 Å². The lowest BCUT2D eigenvalue weighted by Gasteiger charge is -2.14. The number of hydrogen-bond donors (Lipinski definition) is 1. The first kappa shape index (κ1) is 21.3. The summed E-state index contributed by atoms with van der Waals surface area (Å²) in [6.45, 7) is 1.78. The summed E-state index contributed by atoms with van der Waals surface area (Å²) in [5.41, 5.74) is 2.42. The minimum Gasteiger partial charge on any atom is -0.469 e. The smallest absolute Gasteiger partial charge is 0.414 e. The number of cyclic esters (lactones) is 1.